The second-order valence-electron chi connectivity index (χ2n) is 6.19. The van der Waals surface area contributed by atoms with E-state index in [1.165, 1.54) is 32.1 Å². The third-order valence-corrected chi connectivity index (χ3v) is 4.66. The van der Waals surface area contributed by atoms with Crippen LogP contribution in [0.15, 0.2) is 24.3 Å². The Hall–Kier alpha value is -1.64. The van der Waals surface area contributed by atoms with E-state index in [-0.39, 0.29) is 17.7 Å². The highest BCUT2D eigenvalue weighted by atomic mass is 16.5. The topological polar surface area (TPSA) is 43.4 Å². The van der Waals surface area contributed by atoms with Crippen LogP contribution in [0, 0.1) is 5.92 Å². The number of ketones is 1. The van der Waals surface area contributed by atoms with Gasteiger partial charge in [-0.05, 0) is 44.1 Å². The Labute approximate surface area is 133 Å². The van der Waals surface area contributed by atoms with Crippen LogP contribution in [0.4, 0.5) is 0 Å². The lowest BCUT2D eigenvalue weighted by Gasteiger charge is -2.30. The highest BCUT2D eigenvalue weighted by Gasteiger charge is 2.27. The molecule has 2 rings (SSSR count). The zero-order valence-corrected chi connectivity index (χ0v) is 13.6. The molecule has 22 heavy (non-hydrogen) atoms. The van der Waals surface area contributed by atoms with Gasteiger partial charge in [-0.25, -0.2) is 0 Å². The molecule has 1 fully saturated rings. The van der Waals surface area contributed by atoms with Crippen LogP contribution < -0.4 is 0 Å². The van der Waals surface area contributed by atoms with E-state index in [1.807, 2.05) is 31.2 Å². The molecule has 0 spiro atoms. The lowest BCUT2D eigenvalue weighted by Crippen LogP contribution is -2.20. The zero-order chi connectivity index (χ0) is 15.9. The fraction of sp³-hybridized carbons (Fsp3) is 0.579. The summed E-state index contributed by atoms with van der Waals surface area (Å²) in [5.74, 6) is 0.710. The summed E-state index contributed by atoms with van der Waals surface area (Å²) < 4.78 is 5.15. The molecule has 0 bridgehead atoms. The van der Waals surface area contributed by atoms with Crippen LogP contribution in [0.5, 0.6) is 0 Å². The van der Waals surface area contributed by atoms with E-state index in [9.17, 15) is 9.59 Å². The maximum Gasteiger partial charge on any atom is 0.306 e. The minimum Gasteiger partial charge on any atom is -0.466 e. The zero-order valence-electron chi connectivity index (χ0n) is 13.6. The van der Waals surface area contributed by atoms with Crippen molar-refractivity contribution in [2.45, 2.75) is 58.3 Å². The van der Waals surface area contributed by atoms with Crippen molar-refractivity contribution in [3.63, 3.8) is 0 Å². The number of Topliss-reactive ketones (excluding diaryl/α,β-unsaturated/α-hetero) is 1. The van der Waals surface area contributed by atoms with Gasteiger partial charge in [0.2, 0.25) is 0 Å². The molecular formula is C19H26O3. The van der Waals surface area contributed by atoms with Gasteiger partial charge in [-0.2, -0.15) is 0 Å². The lowest BCUT2D eigenvalue weighted by molar-refractivity contribution is -0.144. The van der Waals surface area contributed by atoms with E-state index in [0.717, 1.165) is 11.1 Å². The van der Waals surface area contributed by atoms with E-state index in [0.29, 0.717) is 18.9 Å². The molecule has 0 saturated heterocycles. The first-order valence-corrected chi connectivity index (χ1v) is 8.38. The van der Waals surface area contributed by atoms with Crippen molar-refractivity contribution in [1.82, 2.24) is 0 Å². The molecule has 1 aliphatic rings. The standard InChI is InChI=1S/C19H26O3/c1-3-22-19(21)13-18(16-7-5-4-6-8-16)17-11-9-15(10-12-17)14(2)20/h9-12,16,18H,3-8,13H2,1-2H3/t18-/m1/s1. The summed E-state index contributed by atoms with van der Waals surface area (Å²) in [7, 11) is 0. The Bertz CT molecular complexity index is 498. The van der Waals surface area contributed by atoms with Crippen molar-refractivity contribution in [1.29, 1.82) is 0 Å². The molecule has 0 aliphatic heterocycles. The van der Waals surface area contributed by atoms with Gasteiger partial charge in [0.05, 0.1) is 13.0 Å². The Morgan fingerprint density at radius 2 is 1.77 bits per heavy atom. The first-order chi connectivity index (χ1) is 10.6. The van der Waals surface area contributed by atoms with Gasteiger partial charge in [-0.15, -0.1) is 0 Å². The molecule has 0 unspecified atom stereocenters. The van der Waals surface area contributed by atoms with E-state index < -0.39 is 0 Å². The number of carbonyl (C=O) groups excluding carboxylic acids is 2. The van der Waals surface area contributed by atoms with Gasteiger partial charge >= 0.3 is 5.97 Å². The Morgan fingerprint density at radius 1 is 1.14 bits per heavy atom. The van der Waals surface area contributed by atoms with Crippen molar-refractivity contribution in [3.05, 3.63) is 35.4 Å². The summed E-state index contributed by atoms with van der Waals surface area (Å²) >= 11 is 0. The molecule has 0 amide bonds. The summed E-state index contributed by atoms with van der Waals surface area (Å²) in [6, 6.07) is 7.77. The quantitative estimate of drug-likeness (QED) is 0.574. The number of esters is 1. The first kappa shape index (κ1) is 16.7. The summed E-state index contributed by atoms with van der Waals surface area (Å²) in [5.41, 5.74) is 1.88. The maximum absolute atomic E-state index is 12.0. The smallest absolute Gasteiger partial charge is 0.306 e. The molecule has 1 aromatic rings. The predicted octanol–water partition coefficient (Wildman–Crippen LogP) is 4.51. The molecule has 0 heterocycles. The van der Waals surface area contributed by atoms with E-state index in [2.05, 4.69) is 0 Å². The second-order valence-corrected chi connectivity index (χ2v) is 6.19. The Kier molecular flexibility index (Phi) is 6.17. The van der Waals surface area contributed by atoms with Gasteiger partial charge in [0, 0.05) is 5.56 Å². The normalized spacial score (nSPS) is 17.0. The van der Waals surface area contributed by atoms with Crippen molar-refractivity contribution >= 4 is 11.8 Å². The van der Waals surface area contributed by atoms with Crippen LogP contribution in [0.1, 0.15) is 74.2 Å². The fourth-order valence-corrected chi connectivity index (χ4v) is 3.46. The monoisotopic (exact) mass is 302 g/mol. The van der Waals surface area contributed by atoms with Gasteiger partial charge in [0.25, 0.3) is 0 Å². The average Bonchev–Trinajstić information content (AvgIpc) is 2.54. The summed E-state index contributed by atoms with van der Waals surface area (Å²) in [4.78, 5) is 23.4. The minimum atomic E-state index is -0.117. The second kappa shape index (κ2) is 8.11. The maximum atomic E-state index is 12.0. The Morgan fingerprint density at radius 3 is 2.32 bits per heavy atom. The summed E-state index contributed by atoms with van der Waals surface area (Å²) in [5, 5.41) is 0. The molecule has 3 heteroatoms. The van der Waals surface area contributed by atoms with Crippen LogP contribution in [0.25, 0.3) is 0 Å². The van der Waals surface area contributed by atoms with Gasteiger partial charge in [0.1, 0.15) is 0 Å². The average molecular weight is 302 g/mol. The number of ether oxygens (including phenoxy) is 1. The first-order valence-electron chi connectivity index (χ1n) is 8.38. The van der Waals surface area contributed by atoms with Crippen LogP contribution in [0.2, 0.25) is 0 Å². The number of hydrogen-bond donors (Lipinski definition) is 0. The minimum absolute atomic E-state index is 0.0751. The van der Waals surface area contributed by atoms with Gasteiger partial charge in [-0.1, -0.05) is 43.5 Å². The molecule has 0 N–H and O–H groups in total. The van der Waals surface area contributed by atoms with E-state index in [1.54, 1.807) is 6.92 Å². The largest absolute Gasteiger partial charge is 0.466 e. The highest BCUT2D eigenvalue weighted by Crippen LogP contribution is 2.38. The third kappa shape index (κ3) is 4.43. The van der Waals surface area contributed by atoms with Crippen molar-refractivity contribution < 1.29 is 14.3 Å². The highest BCUT2D eigenvalue weighted by molar-refractivity contribution is 5.94. The van der Waals surface area contributed by atoms with Gasteiger partial charge < -0.3 is 4.74 Å². The molecule has 120 valence electrons. The van der Waals surface area contributed by atoms with Crippen molar-refractivity contribution in [2.24, 2.45) is 5.92 Å². The fourth-order valence-electron chi connectivity index (χ4n) is 3.46. The molecule has 1 aromatic carbocycles. The third-order valence-electron chi connectivity index (χ3n) is 4.66. The molecule has 1 atom stereocenters. The molecule has 1 saturated carbocycles. The summed E-state index contributed by atoms with van der Waals surface area (Å²) in [6.07, 6.45) is 6.59. The van der Waals surface area contributed by atoms with E-state index >= 15 is 0 Å². The lowest BCUT2D eigenvalue weighted by atomic mass is 9.75. The molecular weight excluding hydrogens is 276 g/mol. The van der Waals surface area contributed by atoms with Crippen LogP contribution in [-0.2, 0) is 9.53 Å². The number of benzene rings is 1. The van der Waals surface area contributed by atoms with Gasteiger partial charge in [0.15, 0.2) is 5.78 Å². The van der Waals surface area contributed by atoms with Gasteiger partial charge in [-0.3, -0.25) is 9.59 Å². The summed E-state index contributed by atoms with van der Waals surface area (Å²) in [6.45, 7) is 3.85. The SMILES string of the molecule is CCOC(=O)C[C@@H](c1ccc(C(C)=O)cc1)C1CCCCC1. The van der Waals surface area contributed by atoms with Crippen LogP contribution in [-0.4, -0.2) is 18.4 Å². The number of rotatable bonds is 6. The molecule has 0 aromatic heterocycles. The van der Waals surface area contributed by atoms with E-state index in [4.69, 9.17) is 4.74 Å². The number of carbonyl (C=O) groups is 2. The predicted molar refractivity (Wildman–Crippen MR) is 87.0 cm³/mol. The van der Waals surface area contributed by atoms with Crippen LogP contribution >= 0.6 is 0 Å². The van der Waals surface area contributed by atoms with Crippen molar-refractivity contribution in [3.8, 4) is 0 Å². The van der Waals surface area contributed by atoms with Crippen molar-refractivity contribution in [2.75, 3.05) is 6.61 Å². The molecule has 3 nitrogen and oxygen atoms in total. The molecule has 0 radical (unpaired) electrons. The number of hydrogen-bond acceptors (Lipinski definition) is 3. The van der Waals surface area contributed by atoms with Crippen LogP contribution in [0.3, 0.4) is 0 Å². The molecule has 1 aliphatic carbocycles. The Balaban J connectivity index is 2.18.